The number of amides is 1. The van der Waals surface area contributed by atoms with E-state index in [4.69, 9.17) is 11.6 Å². The van der Waals surface area contributed by atoms with Crippen LogP contribution in [0.4, 0.5) is 15.2 Å². The normalized spacial score (nSPS) is 15.7. The predicted molar refractivity (Wildman–Crippen MR) is 90.8 cm³/mol. The van der Waals surface area contributed by atoms with Gasteiger partial charge in [0.05, 0.1) is 12.2 Å². The van der Waals surface area contributed by atoms with Gasteiger partial charge in [0.25, 0.3) is 0 Å². The summed E-state index contributed by atoms with van der Waals surface area (Å²) in [5, 5.41) is 5.92. The summed E-state index contributed by atoms with van der Waals surface area (Å²) in [6, 6.07) is 4.10. The van der Waals surface area contributed by atoms with Crippen LogP contribution in [0.25, 0.3) is 0 Å². The van der Waals surface area contributed by atoms with Crippen LogP contribution in [0.1, 0.15) is 0 Å². The third-order valence-corrected chi connectivity index (χ3v) is 4.70. The number of benzene rings is 1. The molecule has 0 atom stereocenters. The van der Waals surface area contributed by atoms with Gasteiger partial charge in [0.1, 0.15) is 5.82 Å². The second-order valence-corrected chi connectivity index (χ2v) is 6.56. The minimum Gasteiger partial charge on any atom is -0.346 e. The van der Waals surface area contributed by atoms with Crippen molar-refractivity contribution in [1.82, 2.24) is 9.88 Å². The zero-order valence-corrected chi connectivity index (χ0v) is 13.9. The molecule has 1 amide bonds. The van der Waals surface area contributed by atoms with Crippen LogP contribution in [0.15, 0.2) is 29.8 Å². The molecule has 0 saturated carbocycles. The number of carbonyl (C=O) groups excluding carboxylic acids is 1. The molecule has 0 spiro atoms. The van der Waals surface area contributed by atoms with Gasteiger partial charge in [-0.3, -0.25) is 9.69 Å². The first-order chi connectivity index (χ1) is 11.1. The Kier molecular flexibility index (Phi) is 5.09. The van der Waals surface area contributed by atoms with E-state index in [1.807, 2.05) is 10.3 Å². The van der Waals surface area contributed by atoms with Gasteiger partial charge in [-0.15, -0.1) is 11.3 Å². The second kappa shape index (κ2) is 7.25. The number of hydrogen-bond acceptors (Lipinski definition) is 5. The Bertz CT molecular complexity index is 674. The topological polar surface area (TPSA) is 48.5 Å². The Morgan fingerprint density at radius 3 is 2.83 bits per heavy atom. The van der Waals surface area contributed by atoms with Gasteiger partial charge in [0.15, 0.2) is 5.13 Å². The first-order valence-electron chi connectivity index (χ1n) is 7.23. The lowest BCUT2D eigenvalue weighted by Gasteiger charge is -2.34. The summed E-state index contributed by atoms with van der Waals surface area (Å²) in [6.45, 7) is 3.42. The molecule has 1 aliphatic heterocycles. The Morgan fingerprint density at radius 2 is 2.13 bits per heavy atom. The smallest absolute Gasteiger partial charge is 0.238 e. The van der Waals surface area contributed by atoms with Gasteiger partial charge in [-0.25, -0.2) is 9.37 Å². The van der Waals surface area contributed by atoms with E-state index in [1.54, 1.807) is 17.5 Å². The fourth-order valence-electron chi connectivity index (χ4n) is 2.46. The van der Waals surface area contributed by atoms with Crippen molar-refractivity contribution in [2.75, 3.05) is 42.9 Å². The minimum absolute atomic E-state index is 0.115. The van der Waals surface area contributed by atoms with E-state index in [-0.39, 0.29) is 18.1 Å². The molecule has 0 unspecified atom stereocenters. The highest BCUT2D eigenvalue weighted by Crippen LogP contribution is 2.20. The van der Waals surface area contributed by atoms with Gasteiger partial charge in [0, 0.05) is 42.8 Å². The number of piperazine rings is 1. The molecule has 0 bridgehead atoms. The van der Waals surface area contributed by atoms with Gasteiger partial charge < -0.3 is 10.2 Å². The molecule has 0 radical (unpaired) electrons. The predicted octanol–water partition coefficient (Wildman–Crippen LogP) is 2.70. The number of nitrogens with one attached hydrogen (secondary N) is 1. The van der Waals surface area contributed by atoms with Gasteiger partial charge in [-0.1, -0.05) is 11.6 Å². The van der Waals surface area contributed by atoms with Gasteiger partial charge in [-0.05, 0) is 18.2 Å². The molecule has 5 nitrogen and oxygen atoms in total. The fourth-order valence-corrected chi connectivity index (χ4v) is 3.32. The highest BCUT2D eigenvalue weighted by atomic mass is 35.5. The summed E-state index contributed by atoms with van der Waals surface area (Å²) in [4.78, 5) is 20.6. The number of halogens is 2. The van der Waals surface area contributed by atoms with Crippen LogP contribution in [0.5, 0.6) is 0 Å². The maximum absolute atomic E-state index is 13.6. The Balaban J connectivity index is 1.50. The minimum atomic E-state index is -0.490. The van der Waals surface area contributed by atoms with Crippen LogP contribution in [0.3, 0.4) is 0 Å². The van der Waals surface area contributed by atoms with Crippen molar-refractivity contribution < 1.29 is 9.18 Å². The zero-order valence-electron chi connectivity index (χ0n) is 12.3. The molecule has 1 aromatic heterocycles. The molecule has 1 aliphatic rings. The number of nitrogens with zero attached hydrogens (tertiary/aromatic N) is 3. The van der Waals surface area contributed by atoms with Gasteiger partial charge in [0.2, 0.25) is 5.91 Å². The Morgan fingerprint density at radius 1 is 1.35 bits per heavy atom. The van der Waals surface area contributed by atoms with Crippen molar-refractivity contribution >= 4 is 39.7 Å². The molecule has 1 N–H and O–H groups in total. The first kappa shape index (κ1) is 16.2. The van der Waals surface area contributed by atoms with E-state index in [9.17, 15) is 9.18 Å². The van der Waals surface area contributed by atoms with Crippen molar-refractivity contribution in [2.45, 2.75) is 0 Å². The van der Waals surface area contributed by atoms with E-state index >= 15 is 0 Å². The number of rotatable bonds is 4. The average Bonchev–Trinajstić information content (AvgIpc) is 3.06. The molecule has 23 heavy (non-hydrogen) atoms. The maximum Gasteiger partial charge on any atom is 0.238 e. The molecule has 8 heteroatoms. The van der Waals surface area contributed by atoms with Crippen molar-refractivity contribution in [3.05, 3.63) is 40.6 Å². The van der Waals surface area contributed by atoms with Crippen molar-refractivity contribution in [3.63, 3.8) is 0 Å². The molecule has 1 saturated heterocycles. The lowest BCUT2D eigenvalue weighted by molar-refractivity contribution is -0.117. The summed E-state index contributed by atoms with van der Waals surface area (Å²) < 4.78 is 13.6. The number of thiazole rings is 1. The van der Waals surface area contributed by atoms with E-state index < -0.39 is 5.82 Å². The quantitative estimate of drug-likeness (QED) is 0.917. The molecule has 3 rings (SSSR count). The molecule has 2 aromatic rings. The number of aromatic nitrogens is 1. The summed E-state index contributed by atoms with van der Waals surface area (Å²) >= 11 is 7.43. The number of hydrogen-bond donors (Lipinski definition) is 1. The SMILES string of the molecule is O=C(CN1CCN(c2nccs2)CC1)Nc1cc(Cl)ccc1F. The average molecular weight is 355 g/mol. The van der Waals surface area contributed by atoms with E-state index in [2.05, 4.69) is 15.2 Å². The van der Waals surface area contributed by atoms with Crippen LogP contribution >= 0.6 is 22.9 Å². The van der Waals surface area contributed by atoms with Crippen LogP contribution in [0.2, 0.25) is 5.02 Å². The Hall–Kier alpha value is -1.70. The third-order valence-electron chi connectivity index (χ3n) is 3.63. The second-order valence-electron chi connectivity index (χ2n) is 5.25. The van der Waals surface area contributed by atoms with Crippen molar-refractivity contribution in [1.29, 1.82) is 0 Å². The number of anilines is 2. The molecule has 2 heterocycles. The highest BCUT2D eigenvalue weighted by Gasteiger charge is 2.20. The molecular weight excluding hydrogens is 339 g/mol. The van der Waals surface area contributed by atoms with Crippen LogP contribution in [-0.4, -0.2) is 48.5 Å². The van der Waals surface area contributed by atoms with Crippen molar-refractivity contribution in [3.8, 4) is 0 Å². The summed E-state index contributed by atoms with van der Waals surface area (Å²) in [5.74, 6) is -0.731. The Labute approximate surface area is 142 Å². The molecule has 1 fully saturated rings. The van der Waals surface area contributed by atoms with E-state index in [1.165, 1.54) is 18.2 Å². The lowest BCUT2D eigenvalue weighted by atomic mass is 10.3. The number of carbonyl (C=O) groups is 1. The standard InChI is InChI=1S/C15H16ClFN4OS/c16-11-1-2-12(17)13(9-11)19-14(22)10-20-4-6-21(7-5-20)15-18-3-8-23-15/h1-3,8-9H,4-7,10H2,(H,19,22). The fraction of sp³-hybridized carbons (Fsp3) is 0.333. The molecule has 1 aromatic carbocycles. The van der Waals surface area contributed by atoms with Gasteiger partial charge >= 0.3 is 0 Å². The summed E-state index contributed by atoms with van der Waals surface area (Å²) in [6.07, 6.45) is 1.79. The lowest BCUT2D eigenvalue weighted by Crippen LogP contribution is -2.48. The van der Waals surface area contributed by atoms with Crippen LogP contribution < -0.4 is 10.2 Å². The van der Waals surface area contributed by atoms with E-state index in [0.29, 0.717) is 5.02 Å². The van der Waals surface area contributed by atoms with Crippen molar-refractivity contribution in [2.24, 2.45) is 0 Å². The van der Waals surface area contributed by atoms with Crippen LogP contribution in [0, 0.1) is 5.82 Å². The molecular formula is C15H16ClFN4OS. The highest BCUT2D eigenvalue weighted by molar-refractivity contribution is 7.13. The molecule has 0 aliphatic carbocycles. The zero-order chi connectivity index (χ0) is 16.2. The largest absolute Gasteiger partial charge is 0.346 e. The third kappa shape index (κ3) is 4.19. The molecule has 122 valence electrons. The maximum atomic E-state index is 13.6. The van der Waals surface area contributed by atoms with Crippen LogP contribution in [-0.2, 0) is 4.79 Å². The first-order valence-corrected chi connectivity index (χ1v) is 8.49. The van der Waals surface area contributed by atoms with E-state index in [0.717, 1.165) is 31.3 Å². The van der Waals surface area contributed by atoms with Gasteiger partial charge in [-0.2, -0.15) is 0 Å². The summed E-state index contributed by atoms with van der Waals surface area (Å²) in [5.41, 5.74) is 0.115. The monoisotopic (exact) mass is 354 g/mol. The summed E-state index contributed by atoms with van der Waals surface area (Å²) in [7, 11) is 0.